The van der Waals surface area contributed by atoms with E-state index in [0.29, 0.717) is 5.82 Å². The fourth-order valence-corrected chi connectivity index (χ4v) is 2.26. The van der Waals surface area contributed by atoms with Crippen LogP contribution in [0.15, 0.2) is 49.1 Å². The lowest BCUT2D eigenvalue weighted by Gasteiger charge is -2.11. The Hall–Kier alpha value is -3.09. The molecule has 3 aromatic rings. The van der Waals surface area contributed by atoms with Crippen LogP contribution in [0.25, 0.3) is 11.3 Å². The van der Waals surface area contributed by atoms with E-state index >= 15 is 0 Å². The Morgan fingerprint density at radius 3 is 2.96 bits per heavy atom. The highest BCUT2D eigenvalue weighted by molar-refractivity contribution is 5.93. The van der Waals surface area contributed by atoms with Crippen molar-refractivity contribution in [2.75, 3.05) is 12.4 Å². The summed E-state index contributed by atoms with van der Waals surface area (Å²) in [6.07, 6.45) is 4.99. The number of H-pyrrole nitrogens is 1. The van der Waals surface area contributed by atoms with E-state index in [2.05, 4.69) is 20.5 Å². The number of aromatic nitrogens is 4. The maximum absolute atomic E-state index is 12.2. The summed E-state index contributed by atoms with van der Waals surface area (Å²) in [5, 5.41) is 9.83. The van der Waals surface area contributed by atoms with E-state index in [0.717, 1.165) is 17.0 Å². The molecular formula is C16H17N5O2. The molecule has 0 saturated carbocycles. The third kappa shape index (κ3) is 3.08. The smallest absolute Gasteiger partial charge is 0.248 e. The Morgan fingerprint density at radius 2 is 2.22 bits per heavy atom. The van der Waals surface area contributed by atoms with Crippen LogP contribution in [0, 0.1) is 0 Å². The quantitative estimate of drug-likeness (QED) is 0.758. The zero-order chi connectivity index (χ0) is 16.2. The number of carbonyl (C=O) groups excluding carboxylic acids is 1. The van der Waals surface area contributed by atoms with Gasteiger partial charge in [-0.05, 0) is 19.1 Å². The van der Waals surface area contributed by atoms with E-state index in [1.165, 1.54) is 0 Å². The summed E-state index contributed by atoms with van der Waals surface area (Å²) in [5.41, 5.74) is 1.65. The molecule has 0 aliphatic carbocycles. The molecule has 0 saturated heterocycles. The maximum atomic E-state index is 12.2. The topological polar surface area (TPSA) is 84.8 Å². The number of ether oxygens (including phenoxy) is 1. The van der Waals surface area contributed by atoms with Crippen LogP contribution in [0.3, 0.4) is 0 Å². The molecule has 23 heavy (non-hydrogen) atoms. The fraction of sp³-hybridized carbons (Fsp3) is 0.188. The predicted molar refractivity (Wildman–Crippen MR) is 86.1 cm³/mol. The molecule has 7 nitrogen and oxygen atoms in total. The maximum Gasteiger partial charge on any atom is 0.248 e. The summed E-state index contributed by atoms with van der Waals surface area (Å²) in [4.78, 5) is 16.2. The van der Waals surface area contributed by atoms with Gasteiger partial charge in [0.25, 0.3) is 0 Å². The third-order valence-corrected chi connectivity index (χ3v) is 3.58. The Balaban J connectivity index is 1.76. The van der Waals surface area contributed by atoms with Crippen molar-refractivity contribution >= 4 is 11.7 Å². The van der Waals surface area contributed by atoms with Gasteiger partial charge in [-0.1, -0.05) is 12.1 Å². The molecule has 1 atom stereocenters. The molecule has 0 bridgehead atoms. The normalized spacial score (nSPS) is 11.9. The average molecular weight is 311 g/mol. The highest BCUT2D eigenvalue weighted by atomic mass is 16.5. The SMILES string of the molecule is COc1ccccc1-c1cc(NC(=O)[C@H](C)n2ccnc2)n[nH]1. The Kier molecular flexibility index (Phi) is 4.09. The van der Waals surface area contributed by atoms with Gasteiger partial charge < -0.3 is 14.6 Å². The van der Waals surface area contributed by atoms with Gasteiger partial charge in [-0.25, -0.2) is 4.98 Å². The van der Waals surface area contributed by atoms with Crippen LogP contribution >= 0.6 is 0 Å². The number of imidazole rings is 1. The number of methoxy groups -OCH3 is 1. The molecule has 0 aliphatic rings. The third-order valence-electron chi connectivity index (χ3n) is 3.58. The van der Waals surface area contributed by atoms with Crippen molar-refractivity contribution < 1.29 is 9.53 Å². The van der Waals surface area contributed by atoms with E-state index in [4.69, 9.17) is 4.74 Å². The zero-order valence-corrected chi connectivity index (χ0v) is 12.9. The van der Waals surface area contributed by atoms with Crippen molar-refractivity contribution in [1.29, 1.82) is 0 Å². The summed E-state index contributed by atoms with van der Waals surface area (Å²) in [6, 6.07) is 9.01. The molecule has 1 aromatic carbocycles. The van der Waals surface area contributed by atoms with Crippen molar-refractivity contribution in [2.45, 2.75) is 13.0 Å². The van der Waals surface area contributed by atoms with Crippen LogP contribution < -0.4 is 10.1 Å². The van der Waals surface area contributed by atoms with E-state index in [1.807, 2.05) is 24.3 Å². The van der Waals surface area contributed by atoms with Crippen LogP contribution in [0.2, 0.25) is 0 Å². The number of nitrogens with one attached hydrogen (secondary N) is 2. The van der Waals surface area contributed by atoms with Gasteiger partial charge >= 0.3 is 0 Å². The first-order chi connectivity index (χ1) is 11.2. The largest absolute Gasteiger partial charge is 0.496 e. The van der Waals surface area contributed by atoms with Crippen LogP contribution in [0.1, 0.15) is 13.0 Å². The van der Waals surface area contributed by atoms with Gasteiger partial charge in [-0.15, -0.1) is 0 Å². The van der Waals surface area contributed by atoms with Crippen LogP contribution in [-0.4, -0.2) is 32.8 Å². The number of amides is 1. The average Bonchev–Trinajstić information content (AvgIpc) is 3.26. The number of hydrogen-bond donors (Lipinski definition) is 2. The Labute approximate surface area is 133 Å². The molecule has 2 heterocycles. The highest BCUT2D eigenvalue weighted by Gasteiger charge is 2.16. The van der Waals surface area contributed by atoms with E-state index < -0.39 is 0 Å². The van der Waals surface area contributed by atoms with Gasteiger partial charge in [0.2, 0.25) is 5.91 Å². The number of carbonyl (C=O) groups is 1. The first-order valence-electron chi connectivity index (χ1n) is 7.16. The predicted octanol–water partition coefficient (Wildman–Crippen LogP) is 2.48. The second-order valence-corrected chi connectivity index (χ2v) is 5.04. The van der Waals surface area contributed by atoms with E-state index in [-0.39, 0.29) is 11.9 Å². The van der Waals surface area contributed by atoms with Crippen molar-refractivity contribution in [3.63, 3.8) is 0 Å². The van der Waals surface area contributed by atoms with Crippen LogP contribution in [0.4, 0.5) is 5.82 Å². The molecule has 0 unspecified atom stereocenters. The molecule has 2 N–H and O–H groups in total. The Bertz CT molecular complexity index is 794. The van der Waals surface area contributed by atoms with Crippen molar-refractivity contribution in [3.8, 4) is 17.0 Å². The first-order valence-corrected chi connectivity index (χ1v) is 7.16. The first kappa shape index (κ1) is 14.8. The standard InChI is InChI=1S/C16H17N5O2/c1-11(21-8-7-17-10-21)16(22)18-15-9-13(19-20-15)12-5-3-4-6-14(12)23-2/h3-11H,1-2H3,(H2,18,19,20,22)/t11-/m0/s1. The number of aromatic amines is 1. The zero-order valence-electron chi connectivity index (χ0n) is 12.9. The minimum absolute atomic E-state index is 0.166. The highest BCUT2D eigenvalue weighted by Crippen LogP contribution is 2.29. The summed E-state index contributed by atoms with van der Waals surface area (Å²) >= 11 is 0. The number of rotatable bonds is 5. The molecule has 0 spiro atoms. The van der Waals surface area contributed by atoms with Crippen molar-refractivity contribution in [3.05, 3.63) is 49.1 Å². The van der Waals surface area contributed by atoms with Gasteiger partial charge in [0, 0.05) is 24.0 Å². The van der Waals surface area contributed by atoms with E-state index in [1.54, 1.807) is 43.4 Å². The molecule has 2 aromatic heterocycles. The number of para-hydroxylation sites is 1. The van der Waals surface area contributed by atoms with Gasteiger partial charge in [0.15, 0.2) is 5.82 Å². The number of nitrogens with zero attached hydrogens (tertiary/aromatic N) is 3. The molecular weight excluding hydrogens is 294 g/mol. The van der Waals surface area contributed by atoms with Gasteiger partial charge in [0.1, 0.15) is 11.8 Å². The van der Waals surface area contributed by atoms with Gasteiger partial charge in [-0.2, -0.15) is 5.10 Å². The second-order valence-electron chi connectivity index (χ2n) is 5.04. The number of hydrogen-bond acceptors (Lipinski definition) is 4. The minimum atomic E-state index is -0.371. The summed E-state index contributed by atoms with van der Waals surface area (Å²) in [5.74, 6) is 1.03. The molecule has 118 valence electrons. The van der Waals surface area contributed by atoms with Gasteiger partial charge in [0.05, 0.1) is 19.1 Å². The van der Waals surface area contributed by atoms with E-state index in [9.17, 15) is 4.79 Å². The second kappa shape index (κ2) is 6.35. The molecule has 7 heteroatoms. The van der Waals surface area contributed by atoms with Crippen LogP contribution in [-0.2, 0) is 4.79 Å². The molecule has 3 rings (SSSR count). The number of anilines is 1. The van der Waals surface area contributed by atoms with Crippen LogP contribution in [0.5, 0.6) is 5.75 Å². The minimum Gasteiger partial charge on any atom is -0.496 e. The monoisotopic (exact) mass is 311 g/mol. The van der Waals surface area contributed by atoms with Crippen molar-refractivity contribution in [1.82, 2.24) is 19.7 Å². The summed E-state index contributed by atoms with van der Waals surface area (Å²) in [7, 11) is 1.62. The molecule has 1 amide bonds. The van der Waals surface area contributed by atoms with Crippen molar-refractivity contribution in [2.24, 2.45) is 0 Å². The van der Waals surface area contributed by atoms with Gasteiger partial charge in [-0.3, -0.25) is 9.89 Å². The summed E-state index contributed by atoms with van der Waals surface area (Å²) < 4.78 is 7.06. The molecule has 0 fully saturated rings. The lowest BCUT2D eigenvalue weighted by Crippen LogP contribution is -2.23. The lowest BCUT2D eigenvalue weighted by atomic mass is 10.1. The molecule has 0 radical (unpaired) electrons. The summed E-state index contributed by atoms with van der Waals surface area (Å²) in [6.45, 7) is 1.80. The Morgan fingerprint density at radius 1 is 1.39 bits per heavy atom. The fourth-order valence-electron chi connectivity index (χ4n) is 2.26. The number of benzene rings is 1. The lowest BCUT2D eigenvalue weighted by molar-refractivity contribution is -0.118. The molecule has 0 aliphatic heterocycles.